The number of hydrogen-bond acceptors (Lipinski definition) is 2. The minimum Gasteiger partial charge on any atom is -0.309 e. The Morgan fingerprint density at radius 3 is 2.75 bits per heavy atom. The zero-order valence-electron chi connectivity index (χ0n) is 10.1. The van der Waals surface area contributed by atoms with Crippen molar-refractivity contribution in [2.45, 2.75) is 45.6 Å². The second-order valence-corrected chi connectivity index (χ2v) is 6.74. The SMILES string of the molecule is CCC1(CNC(C)c2sccc2Br)CCC1. The Morgan fingerprint density at radius 1 is 1.56 bits per heavy atom. The number of thiophene rings is 1. The number of halogens is 1. The maximum Gasteiger partial charge on any atom is 0.0397 e. The Kier molecular flexibility index (Phi) is 4.09. The molecule has 0 aliphatic heterocycles. The van der Waals surface area contributed by atoms with Gasteiger partial charge in [-0.05, 0) is 59.0 Å². The molecule has 0 aromatic carbocycles. The van der Waals surface area contributed by atoms with Gasteiger partial charge in [-0.15, -0.1) is 11.3 Å². The van der Waals surface area contributed by atoms with Crippen molar-refractivity contribution in [1.82, 2.24) is 5.32 Å². The first-order valence-corrected chi connectivity index (χ1v) is 7.80. The van der Waals surface area contributed by atoms with Gasteiger partial charge in [0.2, 0.25) is 0 Å². The number of nitrogens with one attached hydrogen (secondary N) is 1. The summed E-state index contributed by atoms with van der Waals surface area (Å²) in [6, 6.07) is 2.61. The first kappa shape index (κ1) is 12.6. The van der Waals surface area contributed by atoms with Gasteiger partial charge in [0, 0.05) is 21.9 Å². The van der Waals surface area contributed by atoms with Crippen LogP contribution < -0.4 is 5.32 Å². The number of rotatable bonds is 5. The minimum absolute atomic E-state index is 0.471. The molecule has 1 atom stereocenters. The van der Waals surface area contributed by atoms with Crippen molar-refractivity contribution in [3.8, 4) is 0 Å². The lowest BCUT2D eigenvalue weighted by Crippen LogP contribution is -2.40. The fraction of sp³-hybridized carbons (Fsp3) is 0.692. The predicted molar refractivity (Wildman–Crippen MR) is 75.0 cm³/mol. The van der Waals surface area contributed by atoms with Crippen molar-refractivity contribution in [3.05, 3.63) is 20.8 Å². The zero-order chi connectivity index (χ0) is 11.6. The van der Waals surface area contributed by atoms with Crippen LogP contribution in [-0.2, 0) is 0 Å². The summed E-state index contributed by atoms with van der Waals surface area (Å²) in [5.74, 6) is 0. The van der Waals surface area contributed by atoms with E-state index < -0.39 is 0 Å². The summed E-state index contributed by atoms with van der Waals surface area (Å²) < 4.78 is 1.25. The van der Waals surface area contributed by atoms with Gasteiger partial charge in [-0.1, -0.05) is 13.3 Å². The van der Waals surface area contributed by atoms with Gasteiger partial charge in [0.15, 0.2) is 0 Å². The first-order valence-electron chi connectivity index (χ1n) is 6.13. The minimum atomic E-state index is 0.471. The molecule has 0 radical (unpaired) electrons. The summed E-state index contributed by atoms with van der Waals surface area (Å²) in [6.07, 6.45) is 5.56. The quantitative estimate of drug-likeness (QED) is 0.828. The van der Waals surface area contributed by atoms with Crippen molar-refractivity contribution < 1.29 is 0 Å². The molecule has 2 rings (SSSR count). The van der Waals surface area contributed by atoms with Crippen molar-refractivity contribution in [2.24, 2.45) is 5.41 Å². The lowest BCUT2D eigenvalue weighted by molar-refractivity contribution is 0.120. The highest BCUT2D eigenvalue weighted by molar-refractivity contribution is 9.10. The third-order valence-corrected chi connectivity index (χ3v) is 6.04. The van der Waals surface area contributed by atoms with Crippen molar-refractivity contribution in [3.63, 3.8) is 0 Å². The van der Waals surface area contributed by atoms with Crippen molar-refractivity contribution in [1.29, 1.82) is 0 Å². The van der Waals surface area contributed by atoms with Crippen LogP contribution in [0.1, 0.15) is 50.4 Å². The molecule has 1 heterocycles. The summed E-state index contributed by atoms with van der Waals surface area (Å²) in [7, 11) is 0. The topological polar surface area (TPSA) is 12.0 Å². The molecule has 1 aromatic heterocycles. The Balaban J connectivity index is 1.88. The lowest BCUT2D eigenvalue weighted by Gasteiger charge is -2.42. The molecular formula is C13H20BrNS. The molecule has 16 heavy (non-hydrogen) atoms. The van der Waals surface area contributed by atoms with Gasteiger partial charge < -0.3 is 5.32 Å². The maximum atomic E-state index is 3.70. The first-order chi connectivity index (χ1) is 7.67. The summed E-state index contributed by atoms with van der Waals surface area (Å²) in [4.78, 5) is 1.42. The molecule has 0 saturated heterocycles. The van der Waals surface area contributed by atoms with Crippen LogP contribution >= 0.6 is 27.3 Å². The van der Waals surface area contributed by atoms with Crippen LogP contribution in [0.25, 0.3) is 0 Å². The highest BCUT2D eigenvalue weighted by Crippen LogP contribution is 2.43. The van der Waals surface area contributed by atoms with Gasteiger partial charge in [-0.25, -0.2) is 0 Å². The van der Waals surface area contributed by atoms with Gasteiger partial charge in [0.1, 0.15) is 0 Å². The average molecular weight is 302 g/mol. The molecule has 0 bridgehead atoms. The van der Waals surface area contributed by atoms with E-state index in [1.54, 1.807) is 0 Å². The van der Waals surface area contributed by atoms with Gasteiger partial charge in [-0.2, -0.15) is 0 Å². The Hall–Kier alpha value is 0.140. The second kappa shape index (κ2) is 5.19. The van der Waals surface area contributed by atoms with Gasteiger partial charge in [0.05, 0.1) is 0 Å². The lowest BCUT2D eigenvalue weighted by atomic mass is 9.67. The van der Waals surface area contributed by atoms with E-state index in [1.165, 1.54) is 41.6 Å². The molecule has 1 aliphatic carbocycles. The molecule has 1 nitrogen and oxygen atoms in total. The monoisotopic (exact) mass is 301 g/mol. The molecule has 0 spiro atoms. The Labute approximate surface area is 111 Å². The van der Waals surface area contributed by atoms with E-state index in [0.29, 0.717) is 11.5 Å². The van der Waals surface area contributed by atoms with Crippen LogP contribution in [0, 0.1) is 5.41 Å². The van der Waals surface area contributed by atoms with Crippen LogP contribution in [0.3, 0.4) is 0 Å². The number of hydrogen-bond donors (Lipinski definition) is 1. The predicted octanol–water partition coefficient (Wildman–Crippen LogP) is 4.74. The molecule has 1 N–H and O–H groups in total. The molecule has 1 unspecified atom stereocenters. The highest BCUT2D eigenvalue weighted by atomic mass is 79.9. The Morgan fingerprint density at radius 2 is 2.31 bits per heavy atom. The van der Waals surface area contributed by atoms with Crippen LogP contribution in [0.15, 0.2) is 15.9 Å². The Bertz CT molecular complexity index is 338. The molecule has 0 amide bonds. The molecule has 3 heteroatoms. The highest BCUT2D eigenvalue weighted by Gasteiger charge is 2.34. The van der Waals surface area contributed by atoms with E-state index in [9.17, 15) is 0 Å². The molecule has 90 valence electrons. The molecule has 1 aromatic rings. The van der Waals surface area contributed by atoms with Gasteiger partial charge in [0.25, 0.3) is 0 Å². The third-order valence-electron chi connectivity index (χ3n) is 3.99. The van der Waals surface area contributed by atoms with Crippen LogP contribution in [0.2, 0.25) is 0 Å². The van der Waals surface area contributed by atoms with E-state index in [1.807, 2.05) is 11.3 Å². The van der Waals surface area contributed by atoms with Gasteiger partial charge >= 0.3 is 0 Å². The van der Waals surface area contributed by atoms with Crippen LogP contribution in [0.5, 0.6) is 0 Å². The fourth-order valence-electron chi connectivity index (χ4n) is 2.41. The van der Waals surface area contributed by atoms with E-state index in [-0.39, 0.29) is 0 Å². The maximum absolute atomic E-state index is 3.70. The van der Waals surface area contributed by atoms with Crippen LogP contribution in [0.4, 0.5) is 0 Å². The molecule has 1 saturated carbocycles. The van der Waals surface area contributed by atoms with E-state index in [4.69, 9.17) is 0 Å². The summed E-state index contributed by atoms with van der Waals surface area (Å²) in [5, 5.41) is 5.85. The molecular weight excluding hydrogens is 282 g/mol. The fourth-order valence-corrected chi connectivity index (χ4v) is 4.16. The summed E-state index contributed by atoms with van der Waals surface area (Å²) in [6.45, 7) is 5.76. The van der Waals surface area contributed by atoms with E-state index in [2.05, 4.69) is 46.5 Å². The van der Waals surface area contributed by atoms with Gasteiger partial charge in [-0.3, -0.25) is 0 Å². The molecule has 1 fully saturated rings. The standard InChI is InChI=1S/C13H20BrNS/c1-3-13(6-4-7-13)9-15-10(2)12-11(14)5-8-16-12/h5,8,10,15H,3-4,6-7,9H2,1-2H3. The third kappa shape index (κ3) is 2.52. The van der Waals surface area contributed by atoms with E-state index in [0.717, 1.165) is 0 Å². The van der Waals surface area contributed by atoms with E-state index >= 15 is 0 Å². The van der Waals surface area contributed by atoms with Crippen molar-refractivity contribution >= 4 is 27.3 Å². The molecule has 1 aliphatic rings. The smallest absolute Gasteiger partial charge is 0.0397 e. The average Bonchev–Trinajstić information content (AvgIpc) is 2.63. The largest absolute Gasteiger partial charge is 0.309 e. The zero-order valence-corrected chi connectivity index (χ0v) is 12.5. The second-order valence-electron chi connectivity index (χ2n) is 4.94. The summed E-state index contributed by atoms with van der Waals surface area (Å²) in [5.41, 5.74) is 0.609. The van der Waals surface area contributed by atoms with Crippen LogP contribution in [-0.4, -0.2) is 6.54 Å². The normalized spacial score (nSPS) is 20.4. The van der Waals surface area contributed by atoms with Crippen molar-refractivity contribution in [2.75, 3.05) is 6.54 Å². The summed E-state index contributed by atoms with van der Waals surface area (Å²) >= 11 is 5.44.